The molecular formula is C16H11NO3. The molecule has 3 rings (SSSR count). The molecular weight excluding hydrogens is 254 g/mol. The minimum atomic E-state index is -0.808. The monoisotopic (exact) mass is 265 g/mol. The zero-order valence-electron chi connectivity index (χ0n) is 10.8. The van der Waals surface area contributed by atoms with E-state index in [2.05, 4.69) is 0 Å². The number of ketones is 1. The maximum Gasteiger partial charge on any atom is 0.306 e. The Morgan fingerprint density at radius 2 is 1.50 bits per heavy atom. The molecule has 0 radical (unpaired) electrons. The Labute approximate surface area is 115 Å². The summed E-state index contributed by atoms with van der Waals surface area (Å²) in [5.41, 5.74) is 1.73. The SMILES string of the molecule is Cc1ccc2c(c1)C(=O)N(c1ccccc1)C(=O)C2=O. The molecule has 2 aromatic carbocycles. The summed E-state index contributed by atoms with van der Waals surface area (Å²) in [7, 11) is 0. The zero-order chi connectivity index (χ0) is 14.3. The second-order valence-electron chi connectivity index (χ2n) is 4.66. The first-order valence-corrected chi connectivity index (χ1v) is 6.18. The van der Waals surface area contributed by atoms with Gasteiger partial charge in [0, 0.05) is 5.56 Å². The number of nitrogens with zero attached hydrogens (tertiary/aromatic N) is 1. The number of hydrogen-bond donors (Lipinski definition) is 0. The number of amides is 2. The van der Waals surface area contributed by atoms with Crippen molar-refractivity contribution in [2.45, 2.75) is 6.92 Å². The molecule has 1 heterocycles. The van der Waals surface area contributed by atoms with Gasteiger partial charge in [0.2, 0.25) is 0 Å². The largest absolute Gasteiger partial charge is 0.306 e. The summed E-state index contributed by atoms with van der Waals surface area (Å²) in [4.78, 5) is 37.7. The molecule has 1 aliphatic heterocycles. The highest BCUT2D eigenvalue weighted by Crippen LogP contribution is 2.25. The lowest BCUT2D eigenvalue weighted by Crippen LogP contribution is -2.46. The Kier molecular flexibility index (Phi) is 2.71. The first kappa shape index (κ1) is 12.3. The molecule has 0 N–H and O–H groups in total. The Hall–Kier alpha value is -2.75. The van der Waals surface area contributed by atoms with Crippen molar-refractivity contribution in [2.75, 3.05) is 4.90 Å². The van der Waals surface area contributed by atoms with E-state index in [9.17, 15) is 14.4 Å². The number of Topliss-reactive ketones (excluding diaryl/α,β-unsaturated/α-hetero) is 1. The highest BCUT2D eigenvalue weighted by molar-refractivity contribution is 6.55. The lowest BCUT2D eigenvalue weighted by Gasteiger charge is -2.25. The standard InChI is InChI=1S/C16H11NO3/c1-10-7-8-12-13(9-10)15(19)17(16(20)14(12)18)11-5-3-2-4-6-11/h2-9H,1H3. The van der Waals surface area contributed by atoms with Crippen LogP contribution >= 0.6 is 0 Å². The van der Waals surface area contributed by atoms with Crippen LogP contribution in [0, 0.1) is 6.92 Å². The van der Waals surface area contributed by atoms with Gasteiger partial charge in [-0.15, -0.1) is 0 Å². The van der Waals surface area contributed by atoms with E-state index >= 15 is 0 Å². The number of hydrogen-bond acceptors (Lipinski definition) is 3. The topological polar surface area (TPSA) is 54.5 Å². The highest BCUT2D eigenvalue weighted by Gasteiger charge is 2.38. The van der Waals surface area contributed by atoms with Gasteiger partial charge in [-0.2, -0.15) is 0 Å². The Morgan fingerprint density at radius 1 is 0.800 bits per heavy atom. The first-order chi connectivity index (χ1) is 9.59. The number of benzene rings is 2. The maximum absolute atomic E-state index is 12.5. The van der Waals surface area contributed by atoms with Crippen LogP contribution < -0.4 is 4.90 Å². The van der Waals surface area contributed by atoms with E-state index in [1.54, 1.807) is 42.5 Å². The number of imide groups is 1. The predicted molar refractivity (Wildman–Crippen MR) is 73.8 cm³/mol. The smallest absolute Gasteiger partial charge is 0.283 e. The summed E-state index contributed by atoms with van der Waals surface area (Å²) in [6.45, 7) is 1.83. The van der Waals surface area contributed by atoms with Crippen LogP contribution in [0.2, 0.25) is 0 Å². The van der Waals surface area contributed by atoms with E-state index in [4.69, 9.17) is 0 Å². The van der Waals surface area contributed by atoms with Crippen molar-refractivity contribution in [2.24, 2.45) is 0 Å². The van der Waals surface area contributed by atoms with Crippen molar-refractivity contribution in [1.82, 2.24) is 0 Å². The Balaban J connectivity index is 2.19. The molecule has 1 aliphatic rings. The van der Waals surface area contributed by atoms with E-state index in [0.29, 0.717) is 5.69 Å². The van der Waals surface area contributed by atoms with Gasteiger partial charge in [-0.05, 0) is 31.2 Å². The molecule has 0 saturated carbocycles. The average molecular weight is 265 g/mol. The van der Waals surface area contributed by atoms with E-state index in [1.165, 1.54) is 6.07 Å². The molecule has 4 heteroatoms. The number of para-hydroxylation sites is 1. The lowest BCUT2D eigenvalue weighted by molar-refractivity contribution is -0.114. The first-order valence-electron chi connectivity index (χ1n) is 6.18. The van der Waals surface area contributed by atoms with Crippen molar-refractivity contribution in [3.8, 4) is 0 Å². The normalized spacial score (nSPS) is 14.4. The van der Waals surface area contributed by atoms with Gasteiger partial charge in [-0.3, -0.25) is 14.4 Å². The molecule has 0 bridgehead atoms. The summed E-state index contributed by atoms with van der Waals surface area (Å²) < 4.78 is 0. The van der Waals surface area contributed by atoms with Crippen molar-refractivity contribution < 1.29 is 14.4 Å². The van der Waals surface area contributed by atoms with Crippen LogP contribution in [0.25, 0.3) is 0 Å². The second kappa shape index (κ2) is 4.42. The Bertz CT molecular complexity index is 735. The number of anilines is 1. The fraction of sp³-hybridized carbons (Fsp3) is 0.0625. The van der Waals surface area contributed by atoms with Crippen LogP contribution in [0.4, 0.5) is 5.69 Å². The summed E-state index contributed by atoms with van der Waals surface area (Å²) >= 11 is 0. The van der Waals surface area contributed by atoms with Gasteiger partial charge in [0.1, 0.15) is 0 Å². The van der Waals surface area contributed by atoms with Crippen LogP contribution in [0.3, 0.4) is 0 Å². The van der Waals surface area contributed by atoms with Crippen LogP contribution in [0.1, 0.15) is 26.3 Å². The molecule has 2 amide bonds. The third-order valence-electron chi connectivity index (χ3n) is 3.26. The molecule has 4 nitrogen and oxygen atoms in total. The fourth-order valence-electron chi connectivity index (χ4n) is 2.27. The minimum Gasteiger partial charge on any atom is -0.283 e. The van der Waals surface area contributed by atoms with Gasteiger partial charge in [-0.1, -0.05) is 29.8 Å². The summed E-state index contributed by atoms with van der Waals surface area (Å²) in [6.07, 6.45) is 0. The van der Waals surface area contributed by atoms with Gasteiger partial charge in [0.05, 0.1) is 11.3 Å². The van der Waals surface area contributed by atoms with Crippen LogP contribution in [0.15, 0.2) is 48.5 Å². The summed E-state index contributed by atoms with van der Waals surface area (Å²) in [5, 5.41) is 0. The van der Waals surface area contributed by atoms with Crippen LogP contribution in [0.5, 0.6) is 0 Å². The number of carbonyl (C=O) groups is 3. The molecule has 0 aromatic heterocycles. The third-order valence-corrected chi connectivity index (χ3v) is 3.26. The molecule has 0 atom stereocenters. The van der Waals surface area contributed by atoms with Crippen LogP contribution in [-0.2, 0) is 4.79 Å². The molecule has 0 aliphatic carbocycles. The highest BCUT2D eigenvalue weighted by atomic mass is 16.2. The number of fused-ring (bicyclic) bond motifs is 1. The molecule has 0 spiro atoms. The van der Waals surface area contributed by atoms with Crippen molar-refractivity contribution in [3.05, 3.63) is 65.2 Å². The van der Waals surface area contributed by atoms with E-state index < -0.39 is 17.6 Å². The molecule has 20 heavy (non-hydrogen) atoms. The molecule has 98 valence electrons. The molecule has 2 aromatic rings. The number of rotatable bonds is 1. The maximum atomic E-state index is 12.5. The quantitative estimate of drug-likeness (QED) is 0.587. The predicted octanol–water partition coefficient (Wildman–Crippen LogP) is 2.36. The van der Waals surface area contributed by atoms with Gasteiger partial charge < -0.3 is 0 Å². The van der Waals surface area contributed by atoms with E-state index in [-0.39, 0.29) is 11.1 Å². The van der Waals surface area contributed by atoms with Crippen molar-refractivity contribution in [1.29, 1.82) is 0 Å². The lowest BCUT2D eigenvalue weighted by atomic mass is 9.95. The van der Waals surface area contributed by atoms with Crippen LogP contribution in [-0.4, -0.2) is 17.6 Å². The minimum absolute atomic E-state index is 0.179. The second-order valence-corrected chi connectivity index (χ2v) is 4.66. The fourth-order valence-corrected chi connectivity index (χ4v) is 2.27. The number of aryl methyl sites for hydroxylation is 1. The third kappa shape index (κ3) is 1.73. The molecule has 0 fully saturated rings. The average Bonchev–Trinajstić information content (AvgIpc) is 2.46. The molecule has 0 saturated heterocycles. The van der Waals surface area contributed by atoms with Gasteiger partial charge in [0.15, 0.2) is 0 Å². The van der Waals surface area contributed by atoms with Gasteiger partial charge >= 0.3 is 5.91 Å². The zero-order valence-corrected chi connectivity index (χ0v) is 10.8. The summed E-state index contributed by atoms with van der Waals surface area (Å²) in [5.74, 6) is -1.92. The Morgan fingerprint density at radius 3 is 2.20 bits per heavy atom. The van der Waals surface area contributed by atoms with Crippen molar-refractivity contribution >= 4 is 23.3 Å². The van der Waals surface area contributed by atoms with Crippen molar-refractivity contribution in [3.63, 3.8) is 0 Å². The molecule has 0 unspecified atom stereocenters. The van der Waals surface area contributed by atoms with Gasteiger partial charge in [-0.25, -0.2) is 4.90 Å². The van der Waals surface area contributed by atoms with E-state index in [0.717, 1.165) is 10.5 Å². The van der Waals surface area contributed by atoms with E-state index in [1.807, 2.05) is 6.92 Å². The summed E-state index contributed by atoms with van der Waals surface area (Å²) in [6, 6.07) is 13.4. The van der Waals surface area contributed by atoms with Gasteiger partial charge in [0.25, 0.3) is 11.7 Å². The number of carbonyl (C=O) groups excluding carboxylic acids is 3.